The third kappa shape index (κ3) is 3.03. The summed E-state index contributed by atoms with van der Waals surface area (Å²) in [6.07, 6.45) is 3.39. The van der Waals surface area contributed by atoms with Crippen LogP contribution in [0.1, 0.15) is 19.5 Å². The number of hydrogen-bond acceptors (Lipinski definition) is 3. The molecule has 0 unspecified atom stereocenters. The molecule has 0 fully saturated rings. The molecule has 0 spiro atoms. The van der Waals surface area contributed by atoms with E-state index in [0.29, 0.717) is 5.25 Å². The van der Waals surface area contributed by atoms with Gasteiger partial charge in [-0.2, -0.15) is 0 Å². The quantitative estimate of drug-likeness (QED) is 0.272. The van der Waals surface area contributed by atoms with E-state index >= 15 is 0 Å². The predicted octanol–water partition coefficient (Wildman–Crippen LogP) is 1.82. The van der Waals surface area contributed by atoms with Crippen molar-refractivity contribution in [2.75, 3.05) is 0 Å². The van der Waals surface area contributed by atoms with Gasteiger partial charge in [0, 0.05) is 22.3 Å². The van der Waals surface area contributed by atoms with E-state index in [0.717, 1.165) is 5.69 Å². The van der Waals surface area contributed by atoms with Crippen molar-refractivity contribution in [2.24, 2.45) is 12.2 Å². The van der Waals surface area contributed by atoms with Crippen LogP contribution in [0.15, 0.2) is 28.4 Å². The molecule has 1 heterocycles. The number of thioether (sulfide) groups is 1. The molecule has 1 aromatic heterocycles. The lowest BCUT2D eigenvalue weighted by Gasteiger charge is -2.03. The molecule has 0 aliphatic carbocycles. The maximum Gasteiger partial charge on any atom is 0.227 e. The molecule has 0 radical (unpaired) electrons. The Hall–Kier alpha value is -1.03. The van der Waals surface area contributed by atoms with Crippen molar-refractivity contribution in [3.63, 3.8) is 0 Å². The summed E-state index contributed by atoms with van der Waals surface area (Å²) in [7, 11) is 1.92. The summed E-state index contributed by atoms with van der Waals surface area (Å²) in [4.78, 5) is 1.19. The van der Waals surface area contributed by atoms with Gasteiger partial charge in [0.1, 0.15) is 13.3 Å². The molecule has 0 saturated carbocycles. The zero-order valence-electron chi connectivity index (χ0n) is 8.64. The first-order valence-electron chi connectivity index (χ1n) is 4.47. The first-order chi connectivity index (χ1) is 6.63. The molecule has 0 aromatic carbocycles. The van der Waals surface area contributed by atoms with Crippen molar-refractivity contribution >= 4 is 18.0 Å². The van der Waals surface area contributed by atoms with E-state index in [9.17, 15) is 0 Å². The third-order valence-electron chi connectivity index (χ3n) is 1.72. The van der Waals surface area contributed by atoms with E-state index in [1.54, 1.807) is 11.8 Å². The fraction of sp³-hybridized carbons (Fsp3) is 0.400. The van der Waals surface area contributed by atoms with E-state index in [1.807, 2.05) is 23.9 Å². The summed E-state index contributed by atoms with van der Waals surface area (Å²) >= 11 is 1.79. The van der Waals surface area contributed by atoms with Gasteiger partial charge in [0.15, 0.2) is 6.20 Å². The van der Waals surface area contributed by atoms with Crippen LogP contribution < -0.4 is 4.57 Å². The molecular weight excluding hydrogens is 196 g/mol. The lowest BCUT2D eigenvalue weighted by Crippen LogP contribution is -2.32. The maximum absolute atomic E-state index is 8.47. The number of pyridine rings is 1. The Morgan fingerprint density at radius 3 is 2.86 bits per heavy atom. The van der Waals surface area contributed by atoms with Crippen LogP contribution in [0, 0.1) is 0 Å². The number of nitrogens with zero attached hydrogens (tertiary/aromatic N) is 2. The van der Waals surface area contributed by atoms with Crippen LogP contribution in [0.2, 0.25) is 0 Å². The van der Waals surface area contributed by atoms with Crippen molar-refractivity contribution < 1.29 is 9.77 Å². The molecule has 1 rings (SSSR count). The standard InChI is InChI=1S/C10H14N2OS/c1-8(2)14-10-4-5-12(3)9(6-10)7-11-13/h4-8H,1-3H3/p+1. The lowest BCUT2D eigenvalue weighted by molar-refractivity contribution is -0.672. The second-order valence-electron chi connectivity index (χ2n) is 3.31. The molecule has 4 heteroatoms. The summed E-state index contributed by atoms with van der Waals surface area (Å²) < 4.78 is 1.91. The molecule has 0 bridgehead atoms. The van der Waals surface area contributed by atoms with Gasteiger partial charge in [-0.05, 0) is 0 Å². The molecule has 0 aliphatic heterocycles. The summed E-state index contributed by atoms with van der Waals surface area (Å²) in [5.41, 5.74) is 0.887. The molecule has 14 heavy (non-hydrogen) atoms. The molecule has 1 aromatic rings. The monoisotopic (exact) mass is 211 g/mol. The Kier molecular flexibility index (Phi) is 3.95. The number of aryl methyl sites for hydroxylation is 1. The zero-order chi connectivity index (χ0) is 10.6. The Bertz CT molecular complexity index is 337. The predicted molar refractivity (Wildman–Crippen MR) is 58.0 cm³/mol. The second-order valence-corrected chi connectivity index (χ2v) is 4.96. The highest BCUT2D eigenvalue weighted by atomic mass is 32.2. The van der Waals surface area contributed by atoms with Gasteiger partial charge in [-0.25, -0.2) is 4.57 Å². The third-order valence-corrected chi connectivity index (χ3v) is 2.72. The molecular formula is C10H15N2OS+. The highest BCUT2D eigenvalue weighted by molar-refractivity contribution is 7.99. The molecule has 0 amide bonds. The summed E-state index contributed by atoms with van der Waals surface area (Å²) in [5, 5.41) is 12.1. The minimum Gasteiger partial charge on any atom is -0.411 e. The van der Waals surface area contributed by atoms with Crippen LogP contribution in [-0.2, 0) is 7.05 Å². The minimum absolute atomic E-state index is 0.557. The fourth-order valence-corrected chi connectivity index (χ4v) is 1.97. The minimum atomic E-state index is 0.557. The van der Waals surface area contributed by atoms with E-state index in [4.69, 9.17) is 5.21 Å². The number of aromatic nitrogens is 1. The van der Waals surface area contributed by atoms with Gasteiger partial charge in [-0.15, -0.1) is 11.8 Å². The van der Waals surface area contributed by atoms with Gasteiger partial charge in [-0.3, -0.25) is 0 Å². The number of hydrogen-bond donors (Lipinski definition) is 1. The smallest absolute Gasteiger partial charge is 0.227 e. The molecule has 0 atom stereocenters. The summed E-state index contributed by atoms with van der Waals surface area (Å²) in [6, 6.07) is 4.06. The van der Waals surface area contributed by atoms with E-state index in [-0.39, 0.29) is 0 Å². The average molecular weight is 211 g/mol. The second kappa shape index (κ2) is 5.00. The van der Waals surface area contributed by atoms with Crippen molar-refractivity contribution in [2.45, 2.75) is 24.0 Å². The van der Waals surface area contributed by atoms with Crippen LogP contribution in [0.5, 0.6) is 0 Å². The van der Waals surface area contributed by atoms with E-state index in [1.165, 1.54) is 11.1 Å². The molecule has 76 valence electrons. The normalized spacial score (nSPS) is 11.4. The first kappa shape index (κ1) is 11.0. The van der Waals surface area contributed by atoms with Gasteiger partial charge < -0.3 is 5.21 Å². The highest BCUT2D eigenvalue weighted by Crippen LogP contribution is 2.21. The van der Waals surface area contributed by atoms with Crippen LogP contribution >= 0.6 is 11.8 Å². The van der Waals surface area contributed by atoms with Gasteiger partial charge in [0.25, 0.3) is 0 Å². The Balaban J connectivity index is 2.94. The fourth-order valence-electron chi connectivity index (χ4n) is 1.10. The van der Waals surface area contributed by atoms with Crippen molar-refractivity contribution in [1.29, 1.82) is 0 Å². The van der Waals surface area contributed by atoms with Crippen molar-refractivity contribution in [3.05, 3.63) is 24.0 Å². The zero-order valence-corrected chi connectivity index (χ0v) is 9.45. The van der Waals surface area contributed by atoms with Crippen molar-refractivity contribution in [3.8, 4) is 0 Å². The summed E-state index contributed by atoms with van der Waals surface area (Å²) in [6.45, 7) is 4.30. The number of rotatable bonds is 3. The molecule has 0 aliphatic rings. The average Bonchev–Trinajstić information content (AvgIpc) is 2.10. The lowest BCUT2D eigenvalue weighted by atomic mass is 10.3. The van der Waals surface area contributed by atoms with Gasteiger partial charge >= 0.3 is 0 Å². The van der Waals surface area contributed by atoms with E-state index in [2.05, 4.69) is 25.1 Å². The SMILES string of the molecule is CC(C)Sc1cc[n+](C)c(/C=N/O)c1. The number of oxime groups is 1. The Morgan fingerprint density at radius 2 is 2.29 bits per heavy atom. The summed E-state index contributed by atoms with van der Waals surface area (Å²) in [5.74, 6) is 0. The maximum atomic E-state index is 8.47. The first-order valence-corrected chi connectivity index (χ1v) is 5.35. The van der Waals surface area contributed by atoms with E-state index < -0.39 is 0 Å². The molecule has 1 N–H and O–H groups in total. The van der Waals surface area contributed by atoms with Crippen LogP contribution in [0.3, 0.4) is 0 Å². The molecule has 0 saturated heterocycles. The molecule has 3 nitrogen and oxygen atoms in total. The highest BCUT2D eigenvalue weighted by Gasteiger charge is 2.06. The van der Waals surface area contributed by atoms with Gasteiger partial charge in [-0.1, -0.05) is 19.0 Å². The Labute approximate surface area is 88.5 Å². The van der Waals surface area contributed by atoms with Crippen LogP contribution in [0.25, 0.3) is 0 Å². The Morgan fingerprint density at radius 1 is 1.57 bits per heavy atom. The van der Waals surface area contributed by atoms with Gasteiger partial charge in [0.2, 0.25) is 5.69 Å². The van der Waals surface area contributed by atoms with Crippen molar-refractivity contribution in [1.82, 2.24) is 0 Å². The van der Waals surface area contributed by atoms with Gasteiger partial charge in [0.05, 0.1) is 0 Å². The van der Waals surface area contributed by atoms with Crippen LogP contribution in [-0.4, -0.2) is 16.7 Å². The topological polar surface area (TPSA) is 36.5 Å². The largest absolute Gasteiger partial charge is 0.411 e. The van der Waals surface area contributed by atoms with Crippen LogP contribution in [0.4, 0.5) is 0 Å².